The fourth-order valence-electron chi connectivity index (χ4n) is 2.79. The van der Waals surface area contributed by atoms with E-state index in [1.165, 1.54) is 10.6 Å². The number of sulfonamides is 1. The zero-order valence-electron chi connectivity index (χ0n) is 15.4. The smallest absolute Gasteiger partial charge is 0.232 e. The highest BCUT2D eigenvalue weighted by Crippen LogP contribution is 2.40. The van der Waals surface area contributed by atoms with Gasteiger partial charge in [-0.3, -0.25) is 4.31 Å². The minimum atomic E-state index is -3.39. The minimum Gasteiger partial charge on any atom is -0.489 e. The van der Waals surface area contributed by atoms with E-state index in [2.05, 4.69) is 0 Å². The Kier molecular flexibility index (Phi) is 4.71. The molecule has 0 saturated heterocycles. The maximum atomic E-state index is 12.1. The summed E-state index contributed by atoms with van der Waals surface area (Å²) in [6.07, 6.45) is 3.00. The molecule has 1 aliphatic rings. The molecule has 0 N–H and O–H groups in total. The van der Waals surface area contributed by atoms with Crippen LogP contribution in [-0.2, 0) is 16.6 Å². The third-order valence-electron chi connectivity index (χ3n) is 4.17. The third kappa shape index (κ3) is 4.02. The Bertz CT molecular complexity index is 934. The average molecular weight is 373 g/mol. The van der Waals surface area contributed by atoms with Gasteiger partial charge in [0, 0.05) is 12.6 Å². The predicted molar refractivity (Wildman–Crippen MR) is 103 cm³/mol. The predicted octanol–water partition coefficient (Wildman–Crippen LogP) is 3.67. The summed E-state index contributed by atoms with van der Waals surface area (Å²) < 4.78 is 37.2. The second-order valence-corrected chi connectivity index (χ2v) is 8.91. The van der Waals surface area contributed by atoms with Gasteiger partial charge in [-0.05, 0) is 43.7 Å². The van der Waals surface area contributed by atoms with Crippen LogP contribution in [0.2, 0.25) is 0 Å². The number of nitrogens with zero attached hydrogens (tertiary/aromatic N) is 1. The van der Waals surface area contributed by atoms with Crippen molar-refractivity contribution in [2.24, 2.45) is 0 Å². The molecular weight excluding hydrogens is 350 g/mol. The van der Waals surface area contributed by atoms with Gasteiger partial charge in [0.1, 0.15) is 23.7 Å². The molecule has 0 amide bonds. The molecule has 2 aromatic carbocycles. The lowest BCUT2D eigenvalue weighted by molar-refractivity contribution is 0.156. The van der Waals surface area contributed by atoms with Crippen molar-refractivity contribution in [2.45, 2.75) is 26.1 Å². The molecule has 0 aromatic heterocycles. The van der Waals surface area contributed by atoms with Gasteiger partial charge >= 0.3 is 0 Å². The highest BCUT2D eigenvalue weighted by Gasteiger charge is 2.31. The Morgan fingerprint density at radius 2 is 1.81 bits per heavy atom. The van der Waals surface area contributed by atoms with Crippen LogP contribution in [0.15, 0.2) is 54.6 Å². The van der Waals surface area contributed by atoms with Crippen LogP contribution >= 0.6 is 0 Å². The van der Waals surface area contributed by atoms with Crippen molar-refractivity contribution in [2.75, 3.05) is 13.3 Å². The average Bonchev–Trinajstić information content (AvgIpc) is 2.58. The molecule has 0 radical (unpaired) electrons. The van der Waals surface area contributed by atoms with Crippen LogP contribution in [0.3, 0.4) is 0 Å². The third-order valence-corrected chi connectivity index (χ3v) is 5.36. The monoisotopic (exact) mass is 373 g/mol. The molecule has 0 bridgehead atoms. The van der Waals surface area contributed by atoms with Gasteiger partial charge in [-0.25, -0.2) is 8.42 Å². The summed E-state index contributed by atoms with van der Waals surface area (Å²) in [7, 11) is -1.85. The molecule has 5 nitrogen and oxygen atoms in total. The van der Waals surface area contributed by atoms with Gasteiger partial charge in [-0.15, -0.1) is 0 Å². The molecule has 26 heavy (non-hydrogen) atoms. The van der Waals surface area contributed by atoms with Crippen LogP contribution in [0.5, 0.6) is 11.5 Å². The van der Waals surface area contributed by atoms with Crippen molar-refractivity contribution in [3.8, 4) is 11.5 Å². The summed E-state index contributed by atoms with van der Waals surface area (Å²) in [5.41, 5.74) is 1.74. The second kappa shape index (κ2) is 6.68. The maximum absolute atomic E-state index is 12.1. The second-order valence-electron chi connectivity index (χ2n) is 6.90. The van der Waals surface area contributed by atoms with Crippen molar-refractivity contribution in [1.82, 2.24) is 4.31 Å². The maximum Gasteiger partial charge on any atom is 0.232 e. The SMILES string of the molecule is CN(C1=CC(C)(C)Oc2ccc(OCc3ccccc3)cc21)S(C)(=O)=O. The van der Waals surface area contributed by atoms with Crippen LogP contribution in [0.4, 0.5) is 0 Å². The molecule has 1 heterocycles. The van der Waals surface area contributed by atoms with Gasteiger partial charge in [0.05, 0.1) is 12.0 Å². The first-order chi connectivity index (χ1) is 12.2. The van der Waals surface area contributed by atoms with E-state index < -0.39 is 15.6 Å². The lowest BCUT2D eigenvalue weighted by Crippen LogP contribution is -2.34. The largest absolute Gasteiger partial charge is 0.489 e. The highest BCUT2D eigenvalue weighted by atomic mass is 32.2. The molecule has 138 valence electrons. The quantitative estimate of drug-likeness (QED) is 0.802. The van der Waals surface area contributed by atoms with Crippen molar-refractivity contribution in [3.05, 3.63) is 65.7 Å². The number of rotatable bonds is 5. The minimum absolute atomic E-state index is 0.437. The Balaban J connectivity index is 1.93. The van der Waals surface area contributed by atoms with E-state index in [9.17, 15) is 8.42 Å². The fourth-order valence-corrected chi connectivity index (χ4v) is 3.30. The van der Waals surface area contributed by atoms with Gasteiger partial charge in [-0.1, -0.05) is 30.3 Å². The molecule has 6 heteroatoms. The zero-order valence-corrected chi connectivity index (χ0v) is 16.2. The number of hydrogen-bond acceptors (Lipinski definition) is 4. The summed E-state index contributed by atoms with van der Waals surface area (Å²) in [5.74, 6) is 1.29. The van der Waals surface area contributed by atoms with E-state index in [1.807, 2.05) is 68.5 Å². The fraction of sp³-hybridized carbons (Fsp3) is 0.300. The molecule has 0 spiro atoms. The number of ether oxygens (including phenoxy) is 2. The van der Waals surface area contributed by atoms with E-state index >= 15 is 0 Å². The topological polar surface area (TPSA) is 55.8 Å². The molecule has 0 aliphatic carbocycles. The first-order valence-electron chi connectivity index (χ1n) is 8.33. The zero-order chi connectivity index (χ0) is 18.9. The molecule has 0 atom stereocenters. The van der Waals surface area contributed by atoms with Crippen LogP contribution < -0.4 is 9.47 Å². The summed E-state index contributed by atoms with van der Waals surface area (Å²) in [6, 6.07) is 15.3. The lowest BCUT2D eigenvalue weighted by Gasteiger charge is -2.34. The first kappa shape index (κ1) is 18.3. The van der Waals surface area contributed by atoms with E-state index in [1.54, 1.807) is 7.05 Å². The molecule has 0 saturated carbocycles. The molecule has 3 rings (SSSR count). The summed E-state index contributed by atoms with van der Waals surface area (Å²) >= 11 is 0. The van der Waals surface area contributed by atoms with Gasteiger partial charge in [0.15, 0.2) is 0 Å². The summed E-state index contributed by atoms with van der Waals surface area (Å²) in [6.45, 7) is 4.23. The summed E-state index contributed by atoms with van der Waals surface area (Å²) in [5, 5.41) is 0. The Hall–Kier alpha value is -2.47. The molecule has 1 aliphatic heterocycles. The Morgan fingerprint density at radius 1 is 1.12 bits per heavy atom. The van der Waals surface area contributed by atoms with Gasteiger partial charge < -0.3 is 9.47 Å². The number of fused-ring (bicyclic) bond motifs is 1. The summed E-state index contributed by atoms with van der Waals surface area (Å²) in [4.78, 5) is 0. The normalized spacial score (nSPS) is 15.5. The highest BCUT2D eigenvalue weighted by molar-refractivity contribution is 7.88. The van der Waals surface area contributed by atoms with E-state index in [0.717, 1.165) is 5.56 Å². The number of benzene rings is 2. The van der Waals surface area contributed by atoms with Crippen molar-refractivity contribution < 1.29 is 17.9 Å². The van der Waals surface area contributed by atoms with E-state index in [0.29, 0.717) is 29.4 Å². The van der Waals surface area contributed by atoms with Crippen molar-refractivity contribution >= 4 is 15.7 Å². The molecule has 0 unspecified atom stereocenters. The van der Waals surface area contributed by atoms with Crippen molar-refractivity contribution in [1.29, 1.82) is 0 Å². The molecular formula is C20H23NO4S. The first-order valence-corrected chi connectivity index (χ1v) is 10.2. The molecule has 2 aromatic rings. The van der Waals surface area contributed by atoms with Crippen LogP contribution in [0, 0.1) is 0 Å². The Morgan fingerprint density at radius 3 is 2.46 bits per heavy atom. The standard InChI is InChI=1S/C20H23NO4S/c1-20(2)13-18(21(3)26(4,22)23)17-12-16(10-11-19(17)25-20)24-14-15-8-6-5-7-9-15/h5-13H,14H2,1-4H3. The number of hydrogen-bond donors (Lipinski definition) is 0. The lowest BCUT2D eigenvalue weighted by atomic mass is 9.99. The van der Waals surface area contributed by atoms with Gasteiger partial charge in [0.25, 0.3) is 0 Å². The van der Waals surface area contributed by atoms with E-state index in [4.69, 9.17) is 9.47 Å². The molecule has 0 fully saturated rings. The van der Waals surface area contributed by atoms with Gasteiger partial charge in [-0.2, -0.15) is 0 Å². The van der Waals surface area contributed by atoms with Crippen LogP contribution in [0.1, 0.15) is 25.0 Å². The van der Waals surface area contributed by atoms with Gasteiger partial charge in [0.2, 0.25) is 10.0 Å². The van der Waals surface area contributed by atoms with Crippen LogP contribution in [0.25, 0.3) is 5.70 Å². The van der Waals surface area contributed by atoms with Crippen LogP contribution in [-0.4, -0.2) is 31.6 Å². The van der Waals surface area contributed by atoms with Crippen molar-refractivity contribution in [3.63, 3.8) is 0 Å². The Labute approximate surface area is 154 Å². The van der Waals surface area contributed by atoms with E-state index in [-0.39, 0.29) is 0 Å².